The second-order valence-electron chi connectivity index (χ2n) is 14.0. The summed E-state index contributed by atoms with van der Waals surface area (Å²) in [5.74, 6) is -7.85. The van der Waals surface area contributed by atoms with Gasteiger partial charge in [-0.25, -0.2) is 9.59 Å². The second-order valence-corrected chi connectivity index (χ2v) is 14.0. The van der Waals surface area contributed by atoms with E-state index in [-0.39, 0.29) is 23.1 Å². The molecule has 278 valence electrons. The molecule has 9 atom stereocenters. The maximum absolute atomic E-state index is 14.6. The molecule has 2 aromatic rings. The molecule has 13 nitrogen and oxygen atoms in total. The Hall–Kier alpha value is -5.17. The van der Waals surface area contributed by atoms with E-state index in [2.05, 4.69) is 11.6 Å². The number of hydrogen-bond acceptors (Lipinski definition) is 13. The van der Waals surface area contributed by atoms with E-state index in [1.54, 1.807) is 52.0 Å². The van der Waals surface area contributed by atoms with Crippen LogP contribution < -0.4 is 0 Å². The van der Waals surface area contributed by atoms with Crippen molar-refractivity contribution in [2.75, 3.05) is 0 Å². The number of rotatable bonds is 7. The van der Waals surface area contributed by atoms with Gasteiger partial charge in [-0.1, -0.05) is 64.6 Å². The summed E-state index contributed by atoms with van der Waals surface area (Å²) in [5, 5.41) is 12.3. The molecule has 1 aromatic carbocycles. The van der Waals surface area contributed by atoms with Gasteiger partial charge in [0.15, 0.2) is 29.7 Å². The number of ether oxygens (including phenoxy) is 5. The number of pyridine rings is 1. The Morgan fingerprint density at radius 1 is 0.827 bits per heavy atom. The van der Waals surface area contributed by atoms with Crippen LogP contribution in [0.2, 0.25) is 0 Å². The van der Waals surface area contributed by atoms with Gasteiger partial charge in [-0.3, -0.25) is 24.2 Å². The van der Waals surface area contributed by atoms with Gasteiger partial charge in [0.2, 0.25) is 0 Å². The molecule has 0 radical (unpaired) electrons. The van der Waals surface area contributed by atoms with Crippen LogP contribution in [-0.2, 0) is 42.9 Å². The van der Waals surface area contributed by atoms with Crippen molar-refractivity contribution in [2.45, 2.75) is 91.0 Å². The van der Waals surface area contributed by atoms with Crippen molar-refractivity contribution >= 4 is 35.6 Å². The van der Waals surface area contributed by atoms with E-state index in [1.807, 2.05) is 0 Å². The Kier molecular flexibility index (Phi) is 12.2. The number of aromatic nitrogens is 1. The first kappa shape index (κ1) is 39.6. The fraction of sp³-hybridized carbons (Fsp3) is 0.462. The zero-order valence-electron chi connectivity index (χ0n) is 30.3. The maximum Gasteiger partial charge on any atom is 0.340 e. The minimum atomic E-state index is -2.04. The first-order valence-electron chi connectivity index (χ1n) is 16.9. The number of allylic oxidation sites excluding steroid dienone is 1. The van der Waals surface area contributed by atoms with Crippen LogP contribution in [0, 0.1) is 23.2 Å². The maximum atomic E-state index is 14.6. The van der Waals surface area contributed by atoms with Crippen molar-refractivity contribution in [1.82, 2.24) is 4.98 Å². The Morgan fingerprint density at radius 2 is 1.44 bits per heavy atom. The smallest absolute Gasteiger partial charge is 0.340 e. The first-order valence-corrected chi connectivity index (χ1v) is 16.9. The molecule has 1 N–H and O–H groups in total. The van der Waals surface area contributed by atoms with E-state index < -0.39 is 94.9 Å². The molecule has 13 heteroatoms. The Morgan fingerprint density at radius 3 is 2.02 bits per heavy atom. The zero-order chi connectivity index (χ0) is 38.5. The van der Waals surface area contributed by atoms with Gasteiger partial charge in [0, 0.05) is 50.9 Å². The van der Waals surface area contributed by atoms with Crippen LogP contribution in [0.1, 0.15) is 75.6 Å². The highest BCUT2D eigenvalue weighted by atomic mass is 16.6. The number of benzene rings is 1. The molecule has 1 saturated carbocycles. The van der Waals surface area contributed by atoms with E-state index in [9.17, 15) is 33.9 Å². The third-order valence-corrected chi connectivity index (χ3v) is 9.44. The largest absolute Gasteiger partial charge is 0.462 e. The van der Waals surface area contributed by atoms with Gasteiger partial charge in [0.05, 0.1) is 23.1 Å². The second kappa shape index (κ2) is 16.0. The lowest BCUT2D eigenvalue weighted by Gasteiger charge is -2.44. The average Bonchev–Trinajstić information content (AvgIpc) is 3.36. The molecule has 2 aliphatic carbocycles. The van der Waals surface area contributed by atoms with Gasteiger partial charge in [-0.2, -0.15) is 0 Å². The monoisotopic (exact) mass is 719 g/mol. The predicted molar refractivity (Wildman–Crippen MR) is 184 cm³/mol. The van der Waals surface area contributed by atoms with Crippen LogP contribution in [0.5, 0.6) is 0 Å². The van der Waals surface area contributed by atoms with Crippen molar-refractivity contribution in [3.8, 4) is 0 Å². The van der Waals surface area contributed by atoms with Gasteiger partial charge < -0.3 is 28.8 Å². The molecule has 0 unspecified atom stereocenters. The first-order chi connectivity index (χ1) is 24.4. The number of aliphatic hydroxyl groups excluding tert-OH is 1. The summed E-state index contributed by atoms with van der Waals surface area (Å²) in [6.45, 7) is 14.0. The normalized spacial score (nSPS) is 30.7. The lowest BCUT2D eigenvalue weighted by Crippen LogP contribution is -2.58. The topological polar surface area (TPSA) is 182 Å². The average molecular weight is 720 g/mol. The molecule has 0 amide bonds. The lowest BCUT2D eigenvalue weighted by molar-refractivity contribution is -0.182. The minimum absolute atomic E-state index is 0.0586. The zero-order valence-corrected chi connectivity index (χ0v) is 30.3. The van der Waals surface area contributed by atoms with Crippen LogP contribution in [0.15, 0.2) is 79.2 Å². The molecule has 1 heterocycles. The Balaban J connectivity index is 2.02. The number of ketones is 1. The summed E-state index contributed by atoms with van der Waals surface area (Å²) >= 11 is 0. The summed E-state index contributed by atoms with van der Waals surface area (Å²) in [5.41, 5.74) is -3.47. The van der Waals surface area contributed by atoms with Gasteiger partial charge in [-0.05, 0) is 35.8 Å². The number of carbonyl (C=O) groups is 6. The summed E-state index contributed by atoms with van der Waals surface area (Å²) < 4.78 is 29.5. The molecular formula is C39H45NO12. The van der Waals surface area contributed by atoms with Gasteiger partial charge in [0.1, 0.15) is 6.10 Å². The molecule has 52 heavy (non-hydrogen) atoms. The highest BCUT2D eigenvalue weighted by molar-refractivity contribution is 5.94. The molecule has 1 fully saturated rings. The standard InChI is InChI=1S/C39H45NO12/c1-21-16-17-38(7,8)35(51-37(47)28-15-12-18-40-20-28)33(50-36(46)27-13-10-9-11-14-27)32(49-25(5)42)23(3)30(44)29-31(48-24(4)41)22(2)19-39(29,34(21)45)52-26(6)43/h9-18,20-22,29-33,35,44H,3,19H2,1-2,4-8H3/b17-16+/t21-,22+,29+,30+,31+,32+,33-,35-,39-/m1/s1. The molecule has 1 aromatic heterocycles. The highest BCUT2D eigenvalue weighted by Gasteiger charge is 2.64. The van der Waals surface area contributed by atoms with Crippen molar-refractivity contribution in [3.05, 3.63) is 90.3 Å². The number of fused-ring (bicyclic) bond motifs is 1. The molecule has 0 aliphatic heterocycles. The molecule has 0 spiro atoms. The Labute approximate surface area is 302 Å². The molecule has 0 bridgehead atoms. The number of carbonyl (C=O) groups excluding carboxylic acids is 6. The van der Waals surface area contributed by atoms with E-state index in [0.717, 1.165) is 20.8 Å². The summed E-state index contributed by atoms with van der Waals surface area (Å²) in [4.78, 5) is 84.0. The van der Waals surface area contributed by atoms with Crippen LogP contribution >= 0.6 is 0 Å². The SMILES string of the molecule is C=C1[C@H](O)[C@H]2[C@@H](OC(C)=O)[C@@H](C)C[C@]2(OC(C)=O)C(=O)[C@H](C)/C=C/C(C)(C)[C@H](OC(=O)c2cccnc2)[C@H](OC(=O)c2ccccc2)[C@H]1OC(C)=O. The molecule has 4 rings (SSSR count). The highest BCUT2D eigenvalue weighted by Crippen LogP contribution is 2.50. The lowest BCUT2D eigenvalue weighted by atomic mass is 9.72. The van der Waals surface area contributed by atoms with Crippen molar-refractivity contribution < 1.29 is 57.6 Å². The molecule has 0 saturated heterocycles. The third kappa shape index (κ3) is 8.47. The van der Waals surface area contributed by atoms with Gasteiger partial charge in [0.25, 0.3) is 0 Å². The molecule has 2 aliphatic rings. The van der Waals surface area contributed by atoms with Crippen LogP contribution in [0.4, 0.5) is 0 Å². The summed E-state index contributed by atoms with van der Waals surface area (Å²) in [6, 6.07) is 10.9. The van der Waals surface area contributed by atoms with Crippen molar-refractivity contribution in [3.63, 3.8) is 0 Å². The number of aliphatic hydroxyl groups is 1. The van der Waals surface area contributed by atoms with Crippen molar-refractivity contribution in [1.29, 1.82) is 0 Å². The van der Waals surface area contributed by atoms with Gasteiger partial charge >= 0.3 is 29.8 Å². The minimum Gasteiger partial charge on any atom is -0.462 e. The fourth-order valence-electron chi connectivity index (χ4n) is 7.10. The van der Waals surface area contributed by atoms with E-state index in [0.29, 0.717) is 0 Å². The Bertz CT molecular complexity index is 1720. The van der Waals surface area contributed by atoms with Crippen molar-refractivity contribution in [2.24, 2.45) is 23.2 Å². The van der Waals surface area contributed by atoms with Crippen LogP contribution in [0.25, 0.3) is 0 Å². The predicted octanol–water partition coefficient (Wildman–Crippen LogP) is 4.37. The van der Waals surface area contributed by atoms with Gasteiger partial charge in [-0.15, -0.1) is 0 Å². The van der Waals surface area contributed by atoms with Crippen LogP contribution in [-0.4, -0.2) is 81.8 Å². The van der Waals surface area contributed by atoms with Crippen LogP contribution in [0.3, 0.4) is 0 Å². The number of nitrogens with zero attached hydrogens (tertiary/aromatic N) is 1. The van der Waals surface area contributed by atoms with E-state index in [1.165, 1.54) is 42.7 Å². The molecular weight excluding hydrogens is 674 g/mol. The number of Topliss-reactive ketones (excluding diaryl/α,β-unsaturated/α-hetero) is 1. The summed E-state index contributed by atoms with van der Waals surface area (Å²) in [6.07, 6.45) is -2.24. The number of hydrogen-bond donors (Lipinski definition) is 1. The summed E-state index contributed by atoms with van der Waals surface area (Å²) in [7, 11) is 0. The fourth-order valence-corrected chi connectivity index (χ4v) is 7.10. The quantitative estimate of drug-likeness (QED) is 0.242. The van der Waals surface area contributed by atoms with E-state index >= 15 is 0 Å². The van der Waals surface area contributed by atoms with E-state index in [4.69, 9.17) is 23.7 Å². The third-order valence-electron chi connectivity index (χ3n) is 9.44. The number of esters is 5.